The lowest BCUT2D eigenvalue weighted by Gasteiger charge is -2.14. The molecule has 1 rings (SSSR count). The molecule has 0 amide bonds. The van der Waals surface area contributed by atoms with E-state index in [1.807, 2.05) is 0 Å². The molecule has 0 aliphatic carbocycles. The molecule has 0 bridgehead atoms. The van der Waals surface area contributed by atoms with Gasteiger partial charge in [0.2, 0.25) is 5.56 Å². The molecule has 3 nitrogen and oxygen atoms in total. The van der Waals surface area contributed by atoms with Gasteiger partial charge in [0.15, 0.2) is 0 Å². The van der Waals surface area contributed by atoms with Crippen LogP contribution in [-0.2, 0) is 0 Å². The topological polar surface area (TPSA) is 58.9 Å². The Morgan fingerprint density at radius 3 is 2.54 bits per heavy atom. The molecule has 13 heavy (non-hydrogen) atoms. The minimum atomic E-state index is -4.52. The fourth-order valence-electron chi connectivity index (χ4n) is 0.844. The zero-order valence-corrected chi connectivity index (χ0v) is 6.43. The third-order valence-corrected chi connectivity index (χ3v) is 1.51. The zero-order chi connectivity index (χ0) is 10.1. The summed E-state index contributed by atoms with van der Waals surface area (Å²) >= 11 is 0. The molecule has 0 aromatic carbocycles. The van der Waals surface area contributed by atoms with Crippen LogP contribution in [0.3, 0.4) is 0 Å². The average Bonchev–Trinajstić information content (AvgIpc) is 2.01. The van der Waals surface area contributed by atoms with Gasteiger partial charge < -0.3 is 10.7 Å². The molecule has 6 heteroatoms. The summed E-state index contributed by atoms with van der Waals surface area (Å²) in [4.78, 5) is 12.8. The lowest BCUT2D eigenvalue weighted by atomic mass is 10.1. The van der Waals surface area contributed by atoms with E-state index in [0.29, 0.717) is 0 Å². The van der Waals surface area contributed by atoms with E-state index >= 15 is 0 Å². The molecular weight excluding hydrogens is 185 g/mol. The van der Waals surface area contributed by atoms with Crippen LogP contribution in [0.15, 0.2) is 23.1 Å². The summed E-state index contributed by atoms with van der Waals surface area (Å²) in [5, 5.41) is 0. The second-order valence-corrected chi connectivity index (χ2v) is 2.51. The number of halogens is 3. The lowest BCUT2D eigenvalue weighted by molar-refractivity contribution is -0.149. The Balaban J connectivity index is 3.02. The molecule has 0 aliphatic heterocycles. The van der Waals surface area contributed by atoms with Crippen LogP contribution in [-0.4, -0.2) is 11.2 Å². The number of nitrogens with one attached hydrogen (secondary N) is 1. The lowest BCUT2D eigenvalue weighted by Crippen LogP contribution is -2.29. The predicted molar refractivity (Wildman–Crippen MR) is 40.0 cm³/mol. The van der Waals surface area contributed by atoms with Gasteiger partial charge in [-0.05, 0) is 11.6 Å². The summed E-state index contributed by atoms with van der Waals surface area (Å²) in [5.74, 6) is 0. The number of pyridine rings is 1. The van der Waals surface area contributed by atoms with Gasteiger partial charge in [-0.3, -0.25) is 4.79 Å². The second-order valence-electron chi connectivity index (χ2n) is 2.51. The maximum Gasteiger partial charge on any atom is 0.407 e. The molecule has 3 N–H and O–H groups in total. The largest absolute Gasteiger partial charge is 0.407 e. The van der Waals surface area contributed by atoms with Gasteiger partial charge in [-0.25, -0.2) is 0 Å². The van der Waals surface area contributed by atoms with Crippen LogP contribution in [0.1, 0.15) is 11.6 Å². The Bertz CT molecular complexity index is 344. The van der Waals surface area contributed by atoms with Gasteiger partial charge in [-0.1, -0.05) is 0 Å². The van der Waals surface area contributed by atoms with Crippen molar-refractivity contribution >= 4 is 0 Å². The molecule has 0 saturated heterocycles. The van der Waals surface area contributed by atoms with Crippen LogP contribution in [0.4, 0.5) is 13.2 Å². The van der Waals surface area contributed by atoms with Crippen molar-refractivity contribution in [3.05, 3.63) is 34.2 Å². The number of aromatic nitrogens is 1. The standard InChI is InChI=1S/C7H7F3N2O/c8-7(9,10)6(11)4-1-2-12-5(13)3-4/h1-3,6H,11H2,(H,12,13)/t6-/m1/s1. The Morgan fingerprint density at radius 1 is 1.46 bits per heavy atom. The van der Waals surface area contributed by atoms with Crippen molar-refractivity contribution in [2.45, 2.75) is 12.2 Å². The van der Waals surface area contributed by atoms with Crippen LogP contribution in [0.2, 0.25) is 0 Å². The van der Waals surface area contributed by atoms with E-state index < -0.39 is 17.8 Å². The first kappa shape index (κ1) is 9.79. The molecule has 0 saturated carbocycles. The van der Waals surface area contributed by atoms with E-state index in [9.17, 15) is 18.0 Å². The Labute approximate surface area is 71.4 Å². The maximum atomic E-state index is 12.0. The molecule has 0 fully saturated rings. The molecule has 0 aliphatic rings. The predicted octanol–water partition coefficient (Wildman–Crippen LogP) is 0.937. The number of nitrogens with two attached hydrogens (primary N) is 1. The summed E-state index contributed by atoms with van der Waals surface area (Å²) in [6.07, 6.45) is -3.39. The van der Waals surface area contributed by atoms with Crippen molar-refractivity contribution < 1.29 is 13.2 Å². The highest BCUT2D eigenvalue weighted by Gasteiger charge is 2.37. The minimum absolute atomic E-state index is 0.240. The van der Waals surface area contributed by atoms with Gasteiger partial charge in [0.1, 0.15) is 6.04 Å². The van der Waals surface area contributed by atoms with Crippen LogP contribution >= 0.6 is 0 Å². The van der Waals surface area contributed by atoms with Gasteiger partial charge in [0.25, 0.3) is 0 Å². The maximum absolute atomic E-state index is 12.0. The van der Waals surface area contributed by atoms with Crippen molar-refractivity contribution in [3.63, 3.8) is 0 Å². The zero-order valence-electron chi connectivity index (χ0n) is 6.43. The van der Waals surface area contributed by atoms with Gasteiger partial charge in [-0.15, -0.1) is 0 Å². The molecular formula is C7H7F3N2O. The first-order valence-electron chi connectivity index (χ1n) is 3.42. The third kappa shape index (κ3) is 2.32. The molecule has 0 spiro atoms. The number of hydrogen-bond donors (Lipinski definition) is 2. The molecule has 72 valence electrons. The highest BCUT2D eigenvalue weighted by Crippen LogP contribution is 2.29. The molecule has 1 heterocycles. The van der Waals surface area contributed by atoms with E-state index in [-0.39, 0.29) is 5.56 Å². The quantitative estimate of drug-likeness (QED) is 0.695. The SMILES string of the molecule is N[C@H](c1cc[nH]c(=O)c1)C(F)(F)F. The smallest absolute Gasteiger partial charge is 0.329 e. The summed E-state index contributed by atoms with van der Waals surface area (Å²) in [7, 11) is 0. The van der Waals surface area contributed by atoms with Gasteiger partial charge >= 0.3 is 6.18 Å². The van der Waals surface area contributed by atoms with Crippen molar-refractivity contribution in [1.29, 1.82) is 0 Å². The fraction of sp³-hybridized carbons (Fsp3) is 0.286. The first-order chi connectivity index (χ1) is 5.91. The van der Waals surface area contributed by atoms with E-state index in [4.69, 9.17) is 5.73 Å². The van der Waals surface area contributed by atoms with Gasteiger partial charge in [0, 0.05) is 12.3 Å². The van der Waals surface area contributed by atoms with Gasteiger partial charge in [-0.2, -0.15) is 13.2 Å². The van der Waals surface area contributed by atoms with E-state index in [1.165, 1.54) is 0 Å². The van der Waals surface area contributed by atoms with Crippen LogP contribution < -0.4 is 11.3 Å². The summed E-state index contributed by atoms with van der Waals surface area (Å²) in [5.41, 5.74) is 4.02. The molecule has 0 radical (unpaired) electrons. The van der Waals surface area contributed by atoms with Crippen LogP contribution in [0, 0.1) is 0 Å². The number of hydrogen-bond acceptors (Lipinski definition) is 2. The number of alkyl halides is 3. The summed E-state index contributed by atoms with van der Waals surface area (Å²) < 4.78 is 36.1. The Kier molecular flexibility index (Phi) is 2.42. The molecule has 1 aromatic heterocycles. The van der Waals surface area contributed by atoms with Crippen molar-refractivity contribution in [1.82, 2.24) is 4.98 Å². The molecule has 0 unspecified atom stereocenters. The fourth-order valence-corrected chi connectivity index (χ4v) is 0.844. The Morgan fingerprint density at radius 2 is 2.08 bits per heavy atom. The number of rotatable bonds is 1. The first-order valence-corrected chi connectivity index (χ1v) is 3.42. The van der Waals surface area contributed by atoms with Crippen molar-refractivity contribution in [2.24, 2.45) is 5.73 Å². The van der Waals surface area contributed by atoms with E-state index in [2.05, 4.69) is 4.98 Å². The van der Waals surface area contributed by atoms with Crippen LogP contribution in [0.25, 0.3) is 0 Å². The Hall–Kier alpha value is -1.30. The highest BCUT2D eigenvalue weighted by atomic mass is 19.4. The summed E-state index contributed by atoms with van der Waals surface area (Å²) in [6.45, 7) is 0. The normalized spacial score (nSPS) is 14.2. The van der Waals surface area contributed by atoms with Crippen LogP contribution in [0.5, 0.6) is 0 Å². The second kappa shape index (κ2) is 3.21. The minimum Gasteiger partial charge on any atom is -0.329 e. The monoisotopic (exact) mass is 192 g/mol. The number of aromatic amines is 1. The van der Waals surface area contributed by atoms with E-state index in [1.54, 1.807) is 0 Å². The third-order valence-electron chi connectivity index (χ3n) is 1.51. The van der Waals surface area contributed by atoms with Crippen molar-refractivity contribution in [2.75, 3.05) is 0 Å². The average molecular weight is 192 g/mol. The number of H-pyrrole nitrogens is 1. The highest BCUT2D eigenvalue weighted by molar-refractivity contribution is 5.16. The van der Waals surface area contributed by atoms with Crippen molar-refractivity contribution in [3.8, 4) is 0 Å². The van der Waals surface area contributed by atoms with Gasteiger partial charge in [0.05, 0.1) is 0 Å². The summed E-state index contributed by atoms with van der Waals surface area (Å²) in [6, 6.07) is -0.146. The molecule has 1 atom stereocenters. The molecule has 1 aromatic rings. The van der Waals surface area contributed by atoms with E-state index in [0.717, 1.165) is 18.3 Å².